The van der Waals surface area contributed by atoms with Crippen molar-refractivity contribution in [3.8, 4) is 0 Å². The molecule has 0 unspecified atom stereocenters. The maximum atomic E-state index is 12.3. The van der Waals surface area contributed by atoms with E-state index in [9.17, 15) is 4.79 Å². The highest BCUT2D eigenvalue weighted by molar-refractivity contribution is 8.22. The zero-order chi connectivity index (χ0) is 19.5. The summed E-state index contributed by atoms with van der Waals surface area (Å²) in [6.45, 7) is 3.66. The fourth-order valence-electron chi connectivity index (χ4n) is 3.26. The Labute approximate surface area is 178 Å². The van der Waals surface area contributed by atoms with Crippen LogP contribution >= 0.6 is 35.6 Å². The van der Waals surface area contributed by atoms with E-state index < -0.39 is 0 Å². The number of thioether (sulfide) groups is 1. The predicted molar refractivity (Wildman–Crippen MR) is 122 cm³/mol. The normalized spacial score (nSPS) is 14.5. The minimum absolute atomic E-state index is 0.0817. The Balaban J connectivity index is 1.35. The summed E-state index contributed by atoms with van der Waals surface area (Å²) in [5, 5.41) is 1.03. The molecule has 0 aliphatic carbocycles. The Hall–Kier alpha value is -2.02. The summed E-state index contributed by atoms with van der Waals surface area (Å²) < 4.78 is 6.68. The molecule has 0 atom stereocenters. The van der Waals surface area contributed by atoms with Crippen LogP contribution in [0, 0.1) is 0 Å². The second-order valence-corrected chi connectivity index (χ2v) is 8.63. The minimum Gasteiger partial charge on any atom is -0.460 e. The summed E-state index contributed by atoms with van der Waals surface area (Å²) in [5.74, 6) is 1.15. The van der Waals surface area contributed by atoms with Crippen LogP contribution in [-0.2, 0) is 5.75 Å². The van der Waals surface area contributed by atoms with Gasteiger partial charge in [0.1, 0.15) is 15.7 Å². The minimum atomic E-state index is -0.0817. The molecular weight excluding hydrogens is 412 g/mol. The van der Waals surface area contributed by atoms with E-state index in [0.29, 0.717) is 27.5 Å². The Morgan fingerprint density at radius 3 is 2.57 bits per heavy atom. The van der Waals surface area contributed by atoms with Crippen molar-refractivity contribution in [3.05, 3.63) is 75.6 Å². The molecule has 0 bridgehead atoms. The van der Waals surface area contributed by atoms with Gasteiger partial charge in [-0.05, 0) is 30.3 Å². The third kappa shape index (κ3) is 4.35. The van der Waals surface area contributed by atoms with Gasteiger partial charge < -0.3 is 14.2 Å². The zero-order valence-corrected chi connectivity index (χ0v) is 17.5. The summed E-state index contributed by atoms with van der Waals surface area (Å²) in [5.41, 5.74) is 1.72. The summed E-state index contributed by atoms with van der Waals surface area (Å²) in [7, 11) is 0. The van der Waals surface area contributed by atoms with Gasteiger partial charge in [-0.1, -0.05) is 53.8 Å². The summed E-state index contributed by atoms with van der Waals surface area (Å²) in [6, 6.07) is 17.1. The monoisotopic (exact) mass is 430 g/mol. The maximum absolute atomic E-state index is 12.3. The number of anilines is 1. The lowest BCUT2D eigenvalue weighted by atomic mass is 10.2. The van der Waals surface area contributed by atoms with E-state index in [2.05, 4.69) is 34.1 Å². The first-order valence-electron chi connectivity index (χ1n) is 9.04. The molecule has 1 fully saturated rings. The van der Waals surface area contributed by atoms with Gasteiger partial charge in [-0.25, -0.2) is 0 Å². The van der Waals surface area contributed by atoms with Crippen molar-refractivity contribution in [3.63, 3.8) is 0 Å². The van der Waals surface area contributed by atoms with E-state index in [1.807, 2.05) is 6.07 Å². The standard InChI is InChI=1S/C21H19ClN2O2S2/c22-15-6-7-20-18(12-15)19(25)13-17(26-20)14-28-21(27)24-10-8-23(9-11-24)16-4-2-1-3-5-16/h1-7,12-13H,8-11,14H2. The molecule has 4 nitrogen and oxygen atoms in total. The summed E-state index contributed by atoms with van der Waals surface area (Å²) in [6.07, 6.45) is 0. The van der Waals surface area contributed by atoms with Crippen molar-refractivity contribution in [2.24, 2.45) is 0 Å². The lowest BCUT2D eigenvalue weighted by Gasteiger charge is -2.37. The van der Waals surface area contributed by atoms with Crippen molar-refractivity contribution in [2.45, 2.75) is 5.75 Å². The van der Waals surface area contributed by atoms with E-state index >= 15 is 0 Å². The molecule has 0 radical (unpaired) electrons. The van der Waals surface area contributed by atoms with Crippen LogP contribution in [0.4, 0.5) is 5.69 Å². The topological polar surface area (TPSA) is 36.7 Å². The Morgan fingerprint density at radius 1 is 1.07 bits per heavy atom. The number of piperazine rings is 1. The number of nitrogens with zero attached hydrogens (tertiary/aromatic N) is 2. The molecule has 28 heavy (non-hydrogen) atoms. The molecule has 4 rings (SSSR count). The van der Waals surface area contributed by atoms with Crippen LogP contribution < -0.4 is 10.3 Å². The molecular formula is C21H19ClN2O2S2. The quantitative estimate of drug-likeness (QED) is 0.556. The van der Waals surface area contributed by atoms with Crippen LogP contribution in [0.25, 0.3) is 11.0 Å². The van der Waals surface area contributed by atoms with Crippen molar-refractivity contribution in [2.75, 3.05) is 31.1 Å². The van der Waals surface area contributed by atoms with Crippen LogP contribution in [0.2, 0.25) is 5.02 Å². The molecule has 1 aromatic heterocycles. The van der Waals surface area contributed by atoms with Crippen LogP contribution in [0.15, 0.2) is 63.8 Å². The molecule has 1 saturated heterocycles. The molecule has 3 aromatic rings. The number of fused-ring (bicyclic) bond motifs is 1. The van der Waals surface area contributed by atoms with Gasteiger partial charge in [0.15, 0.2) is 5.43 Å². The van der Waals surface area contributed by atoms with Crippen LogP contribution in [-0.4, -0.2) is 35.4 Å². The van der Waals surface area contributed by atoms with Gasteiger partial charge in [0, 0.05) is 43.0 Å². The molecule has 2 heterocycles. The van der Waals surface area contributed by atoms with Gasteiger partial charge in [0.2, 0.25) is 0 Å². The molecule has 1 aliphatic rings. The lowest BCUT2D eigenvalue weighted by molar-refractivity contribution is 0.397. The second-order valence-electron chi connectivity index (χ2n) is 6.58. The molecule has 1 aliphatic heterocycles. The van der Waals surface area contributed by atoms with Crippen molar-refractivity contribution in [1.29, 1.82) is 0 Å². The van der Waals surface area contributed by atoms with E-state index in [1.54, 1.807) is 18.2 Å². The highest BCUT2D eigenvalue weighted by atomic mass is 35.5. The zero-order valence-electron chi connectivity index (χ0n) is 15.1. The highest BCUT2D eigenvalue weighted by Crippen LogP contribution is 2.23. The number of benzene rings is 2. The number of hydrogen-bond donors (Lipinski definition) is 0. The maximum Gasteiger partial charge on any atom is 0.193 e. The van der Waals surface area contributed by atoms with Gasteiger partial charge in [-0.3, -0.25) is 4.79 Å². The average molecular weight is 431 g/mol. The first kappa shape index (κ1) is 19.3. The molecule has 0 amide bonds. The number of para-hydroxylation sites is 1. The molecule has 2 aromatic carbocycles. The molecule has 0 N–H and O–H groups in total. The first-order valence-corrected chi connectivity index (χ1v) is 10.8. The first-order chi connectivity index (χ1) is 13.6. The Bertz CT molecular complexity index is 1050. The van der Waals surface area contributed by atoms with Gasteiger partial charge in [0.05, 0.1) is 11.1 Å². The Morgan fingerprint density at radius 2 is 1.82 bits per heavy atom. The van der Waals surface area contributed by atoms with E-state index in [-0.39, 0.29) is 5.43 Å². The second kappa shape index (κ2) is 8.55. The fourth-order valence-corrected chi connectivity index (χ4v) is 4.56. The molecule has 0 saturated carbocycles. The summed E-state index contributed by atoms with van der Waals surface area (Å²) in [4.78, 5) is 16.9. The highest BCUT2D eigenvalue weighted by Gasteiger charge is 2.19. The molecule has 144 valence electrons. The molecule has 7 heteroatoms. The number of halogens is 1. The number of thiocarbonyl (C=S) groups is 1. The van der Waals surface area contributed by atoms with Gasteiger partial charge >= 0.3 is 0 Å². The van der Waals surface area contributed by atoms with E-state index in [0.717, 1.165) is 30.5 Å². The Kier molecular flexibility index (Phi) is 5.90. The van der Waals surface area contributed by atoms with Gasteiger partial charge in [0.25, 0.3) is 0 Å². The SMILES string of the molecule is O=c1cc(CSC(=S)N2CCN(c3ccccc3)CC2)oc2ccc(Cl)cc12. The summed E-state index contributed by atoms with van der Waals surface area (Å²) >= 11 is 13.1. The fraction of sp³-hybridized carbons (Fsp3) is 0.238. The van der Waals surface area contributed by atoms with Gasteiger partial charge in [-0.15, -0.1) is 0 Å². The van der Waals surface area contributed by atoms with Crippen molar-refractivity contribution in [1.82, 2.24) is 4.90 Å². The van der Waals surface area contributed by atoms with Crippen molar-refractivity contribution < 1.29 is 4.42 Å². The van der Waals surface area contributed by atoms with Crippen LogP contribution in [0.1, 0.15) is 5.76 Å². The van der Waals surface area contributed by atoms with Gasteiger partial charge in [-0.2, -0.15) is 0 Å². The lowest BCUT2D eigenvalue weighted by Crippen LogP contribution is -2.47. The number of rotatable bonds is 3. The largest absolute Gasteiger partial charge is 0.460 e. The van der Waals surface area contributed by atoms with Crippen LogP contribution in [0.5, 0.6) is 0 Å². The van der Waals surface area contributed by atoms with E-state index in [4.69, 9.17) is 28.2 Å². The average Bonchev–Trinajstić information content (AvgIpc) is 2.73. The third-order valence-electron chi connectivity index (χ3n) is 4.74. The van der Waals surface area contributed by atoms with Crippen LogP contribution in [0.3, 0.4) is 0 Å². The van der Waals surface area contributed by atoms with E-state index in [1.165, 1.54) is 23.5 Å². The predicted octanol–water partition coefficient (Wildman–Crippen LogP) is 4.79. The van der Waals surface area contributed by atoms with Crippen molar-refractivity contribution >= 4 is 56.6 Å². The third-order valence-corrected chi connectivity index (χ3v) is 6.52. The number of hydrogen-bond acceptors (Lipinski definition) is 5. The smallest absolute Gasteiger partial charge is 0.193 e. The molecule has 0 spiro atoms.